The molecule has 0 aliphatic rings. The normalized spacial score (nSPS) is 10.9. The van der Waals surface area contributed by atoms with E-state index in [1.54, 1.807) is 14.1 Å². The number of rotatable bonds is 5. The molecule has 0 heterocycles. The second-order valence-corrected chi connectivity index (χ2v) is 2.68. The van der Waals surface area contributed by atoms with E-state index in [1.807, 2.05) is 0 Å². The maximum absolute atomic E-state index is 10.8. The fraction of sp³-hybridized carbons (Fsp3) is 0.571. The molecule has 0 unspecified atom stereocenters. The van der Waals surface area contributed by atoms with E-state index in [1.165, 1.54) is 5.01 Å². The van der Waals surface area contributed by atoms with Crippen LogP contribution < -0.4 is 0 Å². The molecule has 7 heteroatoms. The standard InChI is InChI=1S/C7H11N3O4/c1-10(2)8-5(7(13)9-14)3-4-6(11)12/h3-4H2,1-2H3,(H,11,12)/b8-5-. The maximum Gasteiger partial charge on any atom is 0.332 e. The van der Waals surface area contributed by atoms with E-state index in [2.05, 4.69) is 10.3 Å². The predicted molar refractivity (Wildman–Crippen MR) is 48.8 cm³/mol. The molecule has 7 nitrogen and oxygen atoms in total. The quantitative estimate of drug-likeness (QED) is 0.385. The Bertz CT molecular complexity index is 272. The molecule has 0 fully saturated rings. The van der Waals surface area contributed by atoms with E-state index >= 15 is 0 Å². The summed E-state index contributed by atoms with van der Waals surface area (Å²) in [6.07, 6.45) is -0.355. The van der Waals surface area contributed by atoms with Crippen LogP contribution in [0.4, 0.5) is 0 Å². The number of hydrogen-bond donors (Lipinski definition) is 1. The first-order valence-corrected chi connectivity index (χ1v) is 3.81. The van der Waals surface area contributed by atoms with Crippen molar-refractivity contribution in [2.24, 2.45) is 10.3 Å². The van der Waals surface area contributed by atoms with E-state index in [4.69, 9.17) is 5.11 Å². The zero-order valence-electron chi connectivity index (χ0n) is 7.93. The van der Waals surface area contributed by atoms with E-state index in [-0.39, 0.29) is 18.6 Å². The Labute approximate surface area is 80.4 Å². The van der Waals surface area contributed by atoms with Crippen molar-refractivity contribution in [1.29, 1.82) is 0 Å². The van der Waals surface area contributed by atoms with Crippen LogP contribution in [0.1, 0.15) is 12.8 Å². The summed E-state index contributed by atoms with van der Waals surface area (Å²) in [6.45, 7) is 0. The highest BCUT2D eigenvalue weighted by atomic mass is 16.4. The number of nitrogens with zero attached hydrogens (tertiary/aromatic N) is 3. The summed E-state index contributed by atoms with van der Waals surface area (Å²) in [4.78, 5) is 31.0. The Balaban J connectivity index is 4.48. The number of hydrogen-bond acceptors (Lipinski definition) is 5. The molecular weight excluding hydrogens is 190 g/mol. The van der Waals surface area contributed by atoms with Gasteiger partial charge >= 0.3 is 11.9 Å². The van der Waals surface area contributed by atoms with Crippen LogP contribution >= 0.6 is 0 Å². The van der Waals surface area contributed by atoms with Crippen LogP contribution in [0, 0.1) is 4.91 Å². The molecule has 0 saturated heterocycles. The van der Waals surface area contributed by atoms with Crippen LogP contribution in [-0.4, -0.2) is 41.8 Å². The Kier molecular flexibility index (Phi) is 5.05. The SMILES string of the molecule is CN(C)/N=C(/CCC(=O)O)C(=O)N=O. The van der Waals surface area contributed by atoms with Crippen LogP contribution in [0.25, 0.3) is 0 Å². The van der Waals surface area contributed by atoms with Crippen LogP contribution in [-0.2, 0) is 9.59 Å². The maximum atomic E-state index is 10.8. The molecule has 0 saturated carbocycles. The lowest BCUT2D eigenvalue weighted by Crippen LogP contribution is -2.17. The Morgan fingerprint density at radius 2 is 1.86 bits per heavy atom. The summed E-state index contributed by atoms with van der Waals surface area (Å²) < 4.78 is 0. The van der Waals surface area contributed by atoms with Gasteiger partial charge in [-0.05, 0) is 0 Å². The van der Waals surface area contributed by atoms with Crippen LogP contribution in [0.2, 0.25) is 0 Å². The van der Waals surface area contributed by atoms with Gasteiger partial charge < -0.3 is 10.1 Å². The Morgan fingerprint density at radius 1 is 1.29 bits per heavy atom. The molecule has 0 aromatic heterocycles. The smallest absolute Gasteiger partial charge is 0.332 e. The van der Waals surface area contributed by atoms with Crippen LogP contribution in [0.5, 0.6) is 0 Å². The molecule has 1 N–H and O–H groups in total. The second kappa shape index (κ2) is 5.79. The largest absolute Gasteiger partial charge is 0.481 e. The first-order chi connectivity index (χ1) is 6.47. The Morgan fingerprint density at radius 3 is 2.21 bits per heavy atom. The van der Waals surface area contributed by atoms with Crippen LogP contribution in [0.3, 0.4) is 0 Å². The molecule has 0 aromatic carbocycles. The van der Waals surface area contributed by atoms with Crippen molar-refractivity contribution >= 4 is 17.6 Å². The van der Waals surface area contributed by atoms with E-state index in [0.29, 0.717) is 0 Å². The highest BCUT2D eigenvalue weighted by molar-refractivity contribution is 6.39. The number of hydrazone groups is 1. The van der Waals surface area contributed by atoms with Gasteiger partial charge in [-0.2, -0.15) is 5.10 Å². The van der Waals surface area contributed by atoms with Crippen molar-refractivity contribution in [3.63, 3.8) is 0 Å². The fourth-order valence-electron chi connectivity index (χ4n) is 0.719. The minimum atomic E-state index is -1.06. The van der Waals surface area contributed by atoms with Gasteiger partial charge in [-0.25, -0.2) is 0 Å². The number of amides is 1. The number of carboxylic acid groups (broad SMARTS) is 1. The van der Waals surface area contributed by atoms with Gasteiger partial charge in [-0.1, -0.05) is 0 Å². The first-order valence-electron chi connectivity index (χ1n) is 3.81. The van der Waals surface area contributed by atoms with Crippen molar-refractivity contribution < 1.29 is 14.7 Å². The van der Waals surface area contributed by atoms with Gasteiger partial charge in [-0.3, -0.25) is 9.59 Å². The third-order valence-electron chi connectivity index (χ3n) is 1.23. The third-order valence-corrected chi connectivity index (χ3v) is 1.23. The minimum absolute atomic E-state index is 0.0991. The molecule has 14 heavy (non-hydrogen) atoms. The highest BCUT2D eigenvalue weighted by Gasteiger charge is 2.14. The van der Waals surface area contributed by atoms with Gasteiger partial charge in [0, 0.05) is 25.7 Å². The molecule has 0 aliphatic carbocycles. The number of aliphatic carboxylic acids is 1. The van der Waals surface area contributed by atoms with Gasteiger partial charge in [0.15, 0.2) is 0 Å². The summed E-state index contributed by atoms with van der Waals surface area (Å²) in [6, 6.07) is 0. The van der Waals surface area contributed by atoms with Crippen molar-refractivity contribution in [3.05, 3.63) is 4.91 Å². The van der Waals surface area contributed by atoms with Crippen molar-refractivity contribution in [1.82, 2.24) is 5.01 Å². The molecule has 78 valence electrons. The van der Waals surface area contributed by atoms with Gasteiger partial charge in [0.25, 0.3) is 0 Å². The van der Waals surface area contributed by atoms with Crippen molar-refractivity contribution in [3.8, 4) is 0 Å². The number of carbonyl (C=O) groups excluding carboxylic acids is 1. The predicted octanol–water partition coefficient (Wildman–Crippen LogP) is 0.0618. The summed E-state index contributed by atoms with van der Waals surface area (Å²) in [5, 5.41) is 15.5. The molecule has 0 spiro atoms. The molecular formula is C7H11N3O4. The van der Waals surface area contributed by atoms with Gasteiger partial charge in [-0.15, -0.1) is 4.91 Å². The molecule has 0 aromatic rings. The van der Waals surface area contributed by atoms with Gasteiger partial charge in [0.2, 0.25) is 0 Å². The number of carboxylic acids is 1. The van der Waals surface area contributed by atoms with Gasteiger partial charge in [0.1, 0.15) is 5.71 Å². The van der Waals surface area contributed by atoms with E-state index in [0.717, 1.165) is 0 Å². The molecule has 0 rings (SSSR count). The lowest BCUT2D eigenvalue weighted by molar-refractivity contribution is -0.136. The second-order valence-electron chi connectivity index (χ2n) is 2.68. The molecule has 0 bridgehead atoms. The topological polar surface area (TPSA) is 99.4 Å². The summed E-state index contributed by atoms with van der Waals surface area (Å²) in [5.74, 6) is -2.09. The molecule has 0 atom stereocenters. The first kappa shape index (κ1) is 12.2. The van der Waals surface area contributed by atoms with E-state index < -0.39 is 11.9 Å². The third kappa shape index (κ3) is 4.96. The van der Waals surface area contributed by atoms with Crippen LogP contribution in [0.15, 0.2) is 10.3 Å². The summed E-state index contributed by atoms with van der Waals surface area (Å²) in [7, 11) is 3.11. The average molecular weight is 201 g/mol. The monoisotopic (exact) mass is 201 g/mol. The molecule has 0 aliphatic heterocycles. The zero-order chi connectivity index (χ0) is 11.1. The zero-order valence-corrected chi connectivity index (χ0v) is 7.93. The molecule has 0 radical (unpaired) electrons. The van der Waals surface area contributed by atoms with Crippen molar-refractivity contribution in [2.45, 2.75) is 12.8 Å². The van der Waals surface area contributed by atoms with Gasteiger partial charge in [0.05, 0.1) is 6.42 Å². The average Bonchev–Trinajstić information content (AvgIpc) is 2.10. The summed E-state index contributed by atoms with van der Waals surface area (Å²) in [5.41, 5.74) is -0.146. The number of nitroso groups, excluding NO2 is 1. The summed E-state index contributed by atoms with van der Waals surface area (Å²) >= 11 is 0. The Hall–Kier alpha value is -1.79. The van der Waals surface area contributed by atoms with Crippen molar-refractivity contribution in [2.75, 3.05) is 14.1 Å². The number of carbonyl (C=O) groups is 2. The lowest BCUT2D eigenvalue weighted by Gasteiger charge is -2.06. The molecule has 1 amide bonds. The van der Waals surface area contributed by atoms with E-state index in [9.17, 15) is 14.5 Å². The minimum Gasteiger partial charge on any atom is -0.481 e. The highest BCUT2D eigenvalue weighted by Crippen LogP contribution is 1.97. The fourth-order valence-corrected chi connectivity index (χ4v) is 0.719. The lowest BCUT2D eigenvalue weighted by atomic mass is 10.2.